The van der Waals surface area contributed by atoms with Crippen molar-refractivity contribution in [1.29, 1.82) is 0 Å². The summed E-state index contributed by atoms with van der Waals surface area (Å²) >= 11 is 0. The predicted octanol–water partition coefficient (Wildman–Crippen LogP) is -0.518. The Hall–Kier alpha value is -0.546. The highest BCUT2D eigenvalue weighted by Gasteiger charge is 2.32. The van der Waals surface area contributed by atoms with Crippen LogP contribution in [0.3, 0.4) is 0 Å². The summed E-state index contributed by atoms with van der Waals surface area (Å²) in [5.74, 6) is 0. The molecule has 16 heavy (non-hydrogen) atoms. The Labute approximate surface area is 97.6 Å². The minimum Gasteiger partial charge on any atom is -0.366 e. The van der Waals surface area contributed by atoms with Crippen molar-refractivity contribution in [2.24, 2.45) is 0 Å². The van der Waals surface area contributed by atoms with Crippen molar-refractivity contribution >= 4 is 18.8 Å². The molecule has 0 radical (unpaired) electrons. The highest BCUT2D eigenvalue weighted by atomic mass is 28.4. The van der Waals surface area contributed by atoms with E-state index in [0.29, 0.717) is 0 Å². The molecule has 0 aliphatic carbocycles. The highest BCUT2D eigenvalue weighted by Crippen LogP contribution is 2.04. The molecule has 5 nitrogen and oxygen atoms in total. The van der Waals surface area contributed by atoms with E-state index in [1.165, 1.54) is 5.56 Å². The van der Waals surface area contributed by atoms with Gasteiger partial charge in [-0.3, -0.25) is 4.58 Å². The molecule has 7 heteroatoms. The standard InChI is InChI=1S/C9H16O5Si2/c10-16(11,12)14-13-15-8-4-7-9-5-2-1-3-6-9/h1-3,5-6,10-12H,4,7-8,15H2. The molecule has 0 amide bonds. The predicted molar refractivity (Wildman–Crippen MR) is 62.7 cm³/mol. The lowest BCUT2D eigenvalue weighted by Crippen LogP contribution is -2.39. The second kappa shape index (κ2) is 6.91. The van der Waals surface area contributed by atoms with Crippen molar-refractivity contribution in [1.82, 2.24) is 0 Å². The number of benzene rings is 1. The van der Waals surface area contributed by atoms with Gasteiger partial charge >= 0.3 is 9.05 Å². The second-order valence-corrected chi connectivity index (χ2v) is 6.09. The van der Waals surface area contributed by atoms with Gasteiger partial charge < -0.3 is 14.4 Å². The quantitative estimate of drug-likeness (QED) is 0.266. The Bertz CT molecular complexity index is 288. The summed E-state index contributed by atoms with van der Waals surface area (Å²) < 4.78 is 8.64. The normalized spacial score (nSPS) is 12.4. The van der Waals surface area contributed by atoms with Crippen LogP contribution in [0.2, 0.25) is 6.04 Å². The average Bonchev–Trinajstić information content (AvgIpc) is 2.23. The Balaban J connectivity index is 2.01. The number of hydrogen-bond donors (Lipinski definition) is 3. The molecule has 1 rings (SSSR count). The number of rotatable bonds is 7. The van der Waals surface area contributed by atoms with Crippen LogP contribution in [0.25, 0.3) is 0 Å². The van der Waals surface area contributed by atoms with E-state index in [9.17, 15) is 0 Å². The van der Waals surface area contributed by atoms with Gasteiger partial charge in [0.05, 0.1) is 0 Å². The molecule has 0 heterocycles. The first-order valence-corrected chi connectivity index (χ1v) is 8.42. The topological polar surface area (TPSA) is 79.2 Å². The molecule has 0 bridgehead atoms. The van der Waals surface area contributed by atoms with E-state index in [4.69, 9.17) is 14.4 Å². The number of aryl methyl sites for hydroxylation is 1. The van der Waals surface area contributed by atoms with Gasteiger partial charge in [-0.2, -0.15) is 0 Å². The van der Waals surface area contributed by atoms with Crippen LogP contribution in [0.5, 0.6) is 0 Å². The van der Waals surface area contributed by atoms with Gasteiger partial charge in [0.25, 0.3) is 0 Å². The van der Waals surface area contributed by atoms with Gasteiger partial charge in [0.2, 0.25) is 9.76 Å². The lowest BCUT2D eigenvalue weighted by molar-refractivity contribution is -0.178. The first-order valence-electron chi connectivity index (χ1n) is 5.09. The molecule has 1 aromatic rings. The fraction of sp³-hybridized carbons (Fsp3) is 0.333. The van der Waals surface area contributed by atoms with Gasteiger partial charge in [0.1, 0.15) is 0 Å². The molecule has 1 aromatic carbocycles. The van der Waals surface area contributed by atoms with Crippen LogP contribution >= 0.6 is 0 Å². The molecule has 0 spiro atoms. The molecule has 0 saturated heterocycles. The van der Waals surface area contributed by atoms with E-state index in [0.717, 1.165) is 18.9 Å². The minimum absolute atomic E-state index is 0.860. The van der Waals surface area contributed by atoms with Crippen LogP contribution in [0, 0.1) is 0 Å². The summed E-state index contributed by atoms with van der Waals surface area (Å²) in [6, 6.07) is 11.0. The zero-order chi connectivity index (χ0) is 11.9. The summed E-state index contributed by atoms with van der Waals surface area (Å²) in [6.45, 7) is 0. The molecule has 0 fully saturated rings. The molecule has 0 atom stereocenters. The van der Waals surface area contributed by atoms with Gasteiger partial charge in [-0.25, -0.2) is 4.58 Å². The molecule has 3 N–H and O–H groups in total. The fourth-order valence-corrected chi connectivity index (χ4v) is 2.79. The zero-order valence-electron chi connectivity index (χ0n) is 8.87. The zero-order valence-corrected chi connectivity index (χ0v) is 11.3. The molecular formula is C9H16O5Si2. The molecule has 0 saturated carbocycles. The summed E-state index contributed by atoms with van der Waals surface area (Å²) in [5.41, 5.74) is 1.27. The Morgan fingerprint density at radius 3 is 2.44 bits per heavy atom. The van der Waals surface area contributed by atoms with Crippen molar-refractivity contribution in [2.45, 2.75) is 18.9 Å². The van der Waals surface area contributed by atoms with E-state index in [1.807, 2.05) is 18.2 Å². The summed E-state index contributed by atoms with van der Waals surface area (Å²) in [4.78, 5) is 25.4. The molecule has 0 unspecified atom stereocenters. The van der Waals surface area contributed by atoms with E-state index in [1.54, 1.807) is 0 Å². The monoisotopic (exact) mass is 260 g/mol. The van der Waals surface area contributed by atoms with E-state index < -0.39 is 18.8 Å². The van der Waals surface area contributed by atoms with Gasteiger partial charge in [0.15, 0.2) is 0 Å². The van der Waals surface area contributed by atoms with Gasteiger partial charge in [0, 0.05) is 0 Å². The van der Waals surface area contributed by atoms with E-state index in [2.05, 4.69) is 21.3 Å². The van der Waals surface area contributed by atoms with Crippen molar-refractivity contribution in [3.05, 3.63) is 35.9 Å². The Morgan fingerprint density at radius 2 is 1.81 bits per heavy atom. The van der Waals surface area contributed by atoms with Gasteiger partial charge in [-0.15, -0.1) is 0 Å². The molecule has 0 aliphatic rings. The summed E-state index contributed by atoms with van der Waals surface area (Å²) in [6.07, 6.45) is 1.94. The minimum atomic E-state index is -4.47. The van der Waals surface area contributed by atoms with Crippen LogP contribution in [0.15, 0.2) is 30.3 Å². The molecule has 90 valence electrons. The lowest BCUT2D eigenvalue weighted by Gasteiger charge is -2.08. The first-order chi connectivity index (χ1) is 7.58. The first kappa shape index (κ1) is 13.5. The van der Waals surface area contributed by atoms with Crippen LogP contribution in [-0.2, 0) is 15.6 Å². The van der Waals surface area contributed by atoms with Crippen molar-refractivity contribution in [3.63, 3.8) is 0 Å². The van der Waals surface area contributed by atoms with Crippen LogP contribution < -0.4 is 0 Å². The van der Waals surface area contributed by atoms with Crippen molar-refractivity contribution < 1.29 is 23.5 Å². The summed E-state index contributed by atoms with van der Waals surface area (Å²) in [7, 11) is -5.42. The lowest BCUT2D eigenvalue weighted by atomic mass is 10.1. The van der Waals surface area contributed by atoms with Crippen molar-refractivity contribution in [2.75, 3.05) is 0 Å². The smallest absolute Gasteiger partial charge is 0.366 e. The van der Waals surface area contributed by atoms with E-state index in [-0.39, 0.29) is 0 Å². The Morgan fingerprint density at radius 1 is 1.12 bits per heavy atom. The summed E-state index contributed by atoms with van der Waals surface area (Å²) in [5, 5.41) is 0. The van der Waals surface area contributed by atoms with Gasteiger partial charge in [-0.1, -0.05) is 30.3 Å². The number of hydrogen-bond acceptors (Lipinski definition) is 5. The maximum Gasteiger partial charge on any atom is 0.698 e. The second-order valence-electron chi connectivity index (χ2n) is 3.42. The van der Waals surface area contributed by atoms with Gasteiger partial charge in [-0.05, 0) is 24.4 Å². The third-order valence-electron chi connectivity index (χ3n) is 1.96. The van der Waals surface area contributed by atoms with Crippen LogP contribution in [0.1, 0.15) is 12.0 Å². The molecule has 0 aliphatic heterocycles. The highest BCUT2D eigenvalue weighted by molar-refractivity contribution is 6.48. The molecular weight excluding hydrogens is 244 g/mol. The Kier molecular flexibility index (Phi) is 5.84. The van der Waals surface area contributed by atoms with Crippen LogP contribution in [-0.4, -0.2) is 33.2 Å². The SMILES string of the molecule is O[Si](O)(O)OO[SiH2]CCCc1ccccc1. The average molecular weight is 260 g/mol. The maximum atomic E-state index is 8.48. The maximum absolute atomic E-state index is 8.48. The third kappa shape index (κ3) is 6.85. The largest absolute Gasteiger partial charge is 0.698 e. The molecule has 0 aromatic heterocycles. The third-order valence-corrected chi connectivity index (χ3v) is 3.61. The van der Waals surface area contributed by atoms with E-state index >= 15 is 0 Å². The van der Waals surface area contributed by atoms with Crippen LogP contribution in [0.4, 0.5) is 0 Å². The van der Waals surface area contributed by atoms with Crippen molar-refractivity contribution in [3.8, 4) is 0 Å². The fourth-order valence-electron chi connectivity index (χ4n) is 1.26.